The Morgan fingerprint density at radius 1 is 1.19 bits per heavy atom. The van der Waals surface area contributed by atoms with E-state index in [1.54, 1.807) is 31.2 Å². The Hall–Kier alpha value is -2.70. The van der Waals surface area contributed by atoms with Crippen LogP contribution in [0.1, 0.15) is 24.5 Å². The summed E-state index contributed by atoms with van der Waals surface area (Å²) in [4.78, 5) is 25.0. The van der Waals surface area contributed by atoms with E-state index in [0.29, 0.717) is 10.6 Å². The molecule has 1 heterocycles. The summed E-state index contributed by atoms with van der Waals surface area (Å²) < 4.78 is 4.98. The number of carbonyl (C=O) groups excluding carboxylic acids is 2. The van der Waals surface area contributed by atoms with Crippen molar-refractivity contribution in [2.45, 2.75) is 25.5 Å². The van der Waals surface area contributed by atoms with Crippen molar-refractivity contribution in [2.75, 3.05) is 6.61 Å². The molecule has 0 spiro atoms. The van der Waals surface area contributed by atoms with Gasteiger partial charge >= 0.3 is 5.97 Å². The molecule has 7 heteroatoms. The van der Waals surface area contributed by atoms with Crippen molar-refractivity contribution in [3.8, 4) is 0 Å². The second-order valence-corrected chi connectivity index (χ2v) is 6.57. The second-order valence-electron chi connectivity index (χ2n) is 6.14. The Balaban J connectivity index is 1.94. The van der Waals surface area contributed by atoms with Gasteiger partial charge in [-0.25, -0.2) is 4.79 Å². The van der Waals surface area contributed by atoms with Crippen LogP contribution in [0.4, 0.5) is 0 Å². The highest BCUT2D eigenvalue weighted by Crippen LogP contribution is 2.36. The van der Waals surface area contributed by atoms with E-state index in [1.165, 1.54) is 0 Å². The summed E-state index contributed by atoms with van der Waals surface area (Å²) in [5.74, 6) is -1.09. The maximum absolute atomic E-state index is 12.9. The molecule has 0 aliphatic carbocycles. The number of esters is 1. The highest BCUT2D eigenvalue weighted by molar-refractivity contribution is 6.37. The van der Waals surface area contributed by atoms with E-state index in [1.807, 2.05) is 30.3 Å². The molecule has 0 bridgehead atoms. The van der Waals surface area contributed by atoms with Crippen LogP contribution in [0.3, 0.4) is 0 Å². The third-order valence-corrected chi connectivity index (χ3v) is 4.49. The molecular formula is C20H19ClN2O4. The Morgan fingerprint density at radius 2 is 1.85 bits per heavy atom. The molecule has 1 amide bonds. The first-order valence-electron chi connectivity index (χ1n) is 8.54. The number of aliphatic hydroxyl groups is 1. The van der Waals surface area contributed by atoms with Gasteiger partial charge in [-0.05, 0) is 24.6 Å². The molecule has 0 aromatic heterocycles. The molecule has 3 rings (SSSR count). The molecule has 0 saturated heterocycles. The fourth-order valence-electron chi connectivity index (χ4n) is 2.92. The fourth-order valence-corrected chi connectivity index (χ4v) is 3.05. The topological polar surface area (TPSA) is 79.2 Å². The highest BCUT2D eigenvalue weighted by Gasteiger charge is 2.47. The van der Waals surface area contributed by atoms with Gasteiger partial charge in [-0.1, -0.05) is 54.1 Å². The lowest BCUT2D eigenvalue weighted by Gasteiger charge is -2.31. The third kappa shape index (κ3) is 4.02. The molecule has 1 atom stereocenters. The van der Waals surface area contributed by atoms with E-state index in [4.69, 9.17) is 16.3 Å². The zero-order valence-electron chi connectivity index (χ0n) is 14.8. The van der Waals surface area contributed by atoms with Gasteiger partial charge < -0.3 is 9.84 Å². The number of ether oxygens (including phenoxy) is 1. The number of hydrogen-bond acceptors (Lipinski definition) is 5. The molecular weight excluding hydrogens is 368 g/mol. The third-order valence-electron chi connectivity index (χ3n) is 4.24. The quantitative estimate of drug-likeness (QED) is 0.801. The monoisotopic (exact) mass is 386 g/mol. The van der Waals surface area contributed by atoms with Gasteiger partial charge in [0.2, 0.25) is 5.91 Å². The SMILES string of the molecule is CCOC(=O)C1=NN(C(=O)Cc2ccccc2)C(O)(c2ccc(Cl)cc2)C1. The number of benzene rings is 2. The van der Waals surface area contributed by atoms with E-state index in [0.717, 1.165) is 10.6 Å². The number of amides is 1. The van der Waals surface area contributed by atoms with Gasteiger partial charge in [0.25, 0.3) is 0 Å². The molecule has 0 fully saturated rings. The molecule has 0 radical (unpaired) electrons. The van der Waals surface area contributed by atoms with Crippen LogP contribution < -0.4 is 0 Å². The molecule has 140 valence electrons. The van der Waals surface area contributed by atoms with Crippen molar-refractivity contribution in [1.29, 1.82) is 0 Å². The molecule has 1 unspecified atom stereocenters. The van der Waals surface area contributed by atoms with Crippen LogP contribution in [-0.4, -0.2) is 34.3 Å². The van der Waals surface area contributed by atoms with E-state index < -0.39 is 17.6 Å². The van der Waals surface area contributed by atoms with Crippen molar-refractivity contribution in [3.63, 3.8) is 0 Å². The van der Waals surface area contributed by atoms with Crippen LogP contribution in [0.25, 0.3) is 0 Å². The predicted molar refractivity (Wildman–Crippen MR) is 101 cm³/mol. The van der Waals surface area contributed by atoms with Crippen molar-refractivity contribution < 1.29 is 19.4 Å². The molecule has 6 nitrogen and oxygen atoms in total. The number of nitrogens with zero attached hydrogens (tertiary/aromatic N) is 2. The van der Waals surface area contributed by atoms with Crippen LogP contribution in [-0.2, 0) is 26.5 Å². The summed E-state index contributed by atoms with van der Waals surface area (Å²) in [5.41, 5.74) is -0.591. The maximum atomic E-state index is 12.9. The average molecular weight is 387 g/mol. The normalized spacial score (nSPS) is 18.9. The largest absolute Gasteiger partial charge is 0.461 e. The minimum atomic E-state index is -1.78. The second kappa shape index (κ2) is 7.90. The minimum Gasteiger partial charge on any atom is -0.461 e. The molecule has 27 heavy (non-hydrogen) atoms. The van der Waals surface area contributed by atoms with Gasteiger partial charge in [0.1, 0.15) is 0 Å². The van der Waals surface area contributed by atoms with Gasteiger partial charge in [-0.3, -0.25) is 4.79 Å². The summed E-state index contributed by atoms with van der Waals surface area (Å²) in [6.45, 7) is 1.85. The van der Waals surface area contributed by atoms with Crippen molar-refractivity contribution in [2.24, 2.45) is 5.10 Å². The number of rotatable bonds is 5. The predicted octanol–water partition coefficient (Wildman–Crippen LogP) is 2.88. The number of hydrogen-bond donors (Lipinski definition) is 1. The van der Waals surface area contributed by atoms with Gasteiger partial charge in [-0.2, -0.15) is 10.1 Å². The van der Waals surface area contributed by atoms with Crippen LogP contribution >= 0.6 is 11.6 Å². The van der Waals surface area contributed by atoms with Gasteiger partial charge in [0.15, 0.2) is 11.4 Å². The van der Waals surface area contributed by atoms with E-state index in [2.05, 4.69) is 5.10 Å². The zero-order chi connectivity index (χ0) is 19.4. The van der Waals surface area contributed by atoms with Gasteiger partial charge in [0.05, 0.1) is 19.4 Å². The van der Waals surface area contributed by atoms with Crippen molar-refractivity contribution in [3.05, 3.63) is 70.7 Å². The molecule has 2 aromatic carbocycles. The van der Waals surface area contributed by atoms with Crippen LogP contribution in [0.2, 0.25) is 5.02 Å². The van der Waals surface area contributed by atoms with Crippen LogP contribution in [0.15, 0.2) is 59.7 Å². The van der Waals surface area contributed by atoms with Gasteiger partial charge in [-0.15, -0.1) is 0 Å². The number of halogens is 1. The first-order chi connectivity index (χ1) is 12.9. The summed E-state index contributed by atoms with van der Waals surface area (Å²) in [7, 11) is 0. The van der Waals surface area contributed by atoms with E-state index in [-0.39, 0.29) is 25.2 Å². The minimum absolute atomic E-state index is 0.00397. The smallest absolute Gasteiger partial charge is 0.354 e. The van der Waals surface area contributed by atoms with E-state index in [9.17, 15) is 14.7 Å². The lowest BCUT2D eigenvalue weighted by Crippen LogP contribution is -2.44. The lowest BCUT2D eigenvalue weighted by atomic mass is 9.97. The Morgan fingerprint density at radius 3 is 2.48 bits per heavy atom. The molecule has 1 aliphatic rings. The van der Waals surface area contributed by atoms with Crippen molar-refractivity contribution >= 4 is 29.2 Å². The van der Waals surface area contributed by atoms with Crippen molar-refractivity contribution in [1.82, 2.24) is 5.01 Å². The Kier molecular flexibility index (Phi) is 5.58. The summed E-state index contributed by atoms with van der Waals surface area (Å²) >= 11 is 5.93. The first-order valence-corrected chi connectivity index (χ1v) is 8.92. The Bertz CT molecular complexity index is 867. The molecule has 1 aliphatic heterocycles. The molecule has 0 saturated carbocycles. The number of carbonyl (C=O) groups is 2. The van der Waals surface area contributed by atoms with Crippen LogP contribution in [0.5, 0.6) is 0 Å². The maximum Gasteiger partial charge on any atom is 0.354 e. The molecule has 2 aromatic rings. The summed E-state index contributed by atoms with van der Waals surface area (Å²) in [5, 5.41) is 16.8. The van der Waals surface area contributed by atoms with E-state index >= 15 is 0 Å². The standard InChI is InChI=1S/C20H19ClN2O4/c1-2-27-19(25)17-13-20(26,15-8-10-16(21)11-9-15)23(22-17)18(24)12-14-6-4-3-5-7-14/h3-11,26H,2,12-13H2,1H3. The average Bonchev–Trinajstić information content (AvgIpc) is 3.02. The fraction of sp³-hybridized carbons (Fsp3) is 0.250. The lowest BCUT2D eigenvalue weighted by molar-refractivity contribution is -0.157. The Labute approximate surface area is 162 Å². The van der Waals surface area contributed by atoms with Gasteiger partial charge in [0, 0.05) is 10.6 Å². The van der Waals surface area contributed by atoms with Crippen LogP contribution in [0, 0.1) is 0 Å². The zero-order valence-corrected chi connectivity index (χ0v) is 15.5. The first kappa shape index (κ1) is 19.1. The highest BCUT2D eigenvalue weighted by atomic mass is 35.5. The molecule has 1 N–H and O–H groups in total. The summed E-state index contributed by atoms with van der Waals surface area (Å²) in [6, 6.07) is 15.6. The summed E-state index contributed by atoms with van der Waals surface area (Å²) in [6.07, 6.45) is -0.121. The number of hydrazone groups is 1.